The molecule has 126 valence electrons. The lowest BCUT2D eigenvalue weighted by molar-refractivity contribution is -0.158. The van der Waals surface area contributed by atoms with Crippen LogP contribution in [-0.4, -0.2) is 12.1 Å². The molecular weight excluding hydrogens is 272 g/mol. The fourth-order valence-corrected chi connectivity index (χ4v) is 4.27. The lowest BCUT2D eigenvalue weighted by Crippen LogP contribution is -2.36. The number of ether oxygens (including phenoxy) is 1. The zero-order valence-corrected chi connectivity index (χ0v) is 15.5. The van der Waals surface area contributed by atoms with E-state index in [9.17, 15) is 4.79 Å². The van der Waals surface area contributed by atoms with Gasteiger partial charge in [-0.2, -0.15) is 0 Å². The predicted octanol–water partition coefficient (Wildman–Crippen LogP) is 5.23. The molecule has 5 atom stereocenters. The largest absolute Gasteiger partial charge is 0.462 e. The van der Waals surface area contributed by atoms with E-state index in [0.29, 0.717) is 23.7 Å². The van der Waals surface area contributed by atoms with Gasteiger partial charge in [-0.25, -0.2) is 0 Å². The van der Waals surface area contributed by atoms with Gasteiger partial charge in [0.05, 0.1) is 5.92 Å². The molecule has 22 heavy (non-hydrogen) atoms. The van der Waals surface area contributed by atoms with Gasteiger partial charge in [-0.3, -0.25) is 4.79 Å². The SMILES string of the molecule is CC(C)=C[C@H]1[C@@H](C(=O)O[C@@H]2C[C@H](C)CC[C@H]2C(C)C)C1(C)C. The molecule has 0 saturated heterocycles. The number of allylic oxidation sites excluding steroid dienone is 2. The summed E-state index contributed by atoms with van der Waals surface area (Å²) in [5, 5.41) is 0. The number of hydrogen-bond donors (Lipinski definition) is 0. The molecule has 2 heteroatoms. The second kappa shape index (κ2) is 6.37. The summed E-state index contributed by atoms with van der Waals surface area (Å²) >= 11 is 0. The van der Waals surface area contributed by atoms with E-state index in [1.807, 2.05) is 0 Å². The standard InChI is InChI=1S/C20H34O2/c1-12(2)10-16-18(20(16,6)7)19(21)22-17-11-14(5)8-9-15(17)13(3)4/h10,13-18H,8-9,11H2,1-7H3/t14-,15+,16+,17-,18+/m1/s1. The Morgan fingerprint density at radius 1 is 1.23 bits per heavy atom. The van der Waals surface area contributed by atoms with Gasteiger partial charge in [-0.05, 0) is 55.8 Å². The van der Waals surface area contributed by atoms with Crippen LogP contribution < -0.4 is 0 Å². The van der Waals surface area contributed by atoms with E-state index in [4.69, 9.17) is 4.74 Å². The van der Waals surface area contributed by atoms with Crippen LogP contribution in [-0.2, 0) is 9.53 Å². The van der Waals surface area contributed by atoms with Gasteiger partial charge in [0.15, 0.2) is 0 Å². The Balaban J connectivity index is 2.03. The molecule has 0 aliphatic heterocycles. The first-order valence-electron chi connectivity index (χ1n) is 9.00. The van der Waals surface area contributed by atoms with Crippen LogP contribution in [0.5, 0.6) is 0 Å². The minimum atomic E-state index is 0.0391. The van der Waals surface area contributed by atoms with Crippen LogP contribution in [0.3, 0.4) is 0 Å². The molecule has 0 amide bonds. The third-order valence-corrected chi connectivity index (χ3v) is 5.91. The molecule has 0 N–H and O–H groups in total. The van der Waals surface area contributed by atoms with Gasteiger partial charge in [0.25, 0.3) is 0 Å². The summed E-state index contributed by atoms with van der Waals surface area (Å²) in [6.45, 7) is 15.4. The number of hydrogen-bond acceptors (Lipinski definition) is 2. The van der Waals surface area contributed by atoms with Crippen LogP contribution in [0, 0.1) is 35.0 Å². The highest BCUT2D eigenvalue weighted by Gasteiger charge is 2.61. The first-order chi connectivity index (χ1) is 10.1. The molecule has 0 spiro atoms. The van der Waals surface area contributed by atoms with Crippen molar-refractivity contribution in [1.82, 2.24) is 0 Å². The Morgan fingerprint density at radius 2 is 1.86 bits per heavy atom. The average Bonchev–Trinajstić information content (AvgIpc) is 2.89. The predicted molar refractivity (Wildman–Crippen MR) is 91.4 cm³/mol. The van der Waals surface area contributed by atoms with E-state index in [1.165, 1.54) is 18.4 Å². The summed E-state index contributed by atoms with van der Waals surface area (Å²) in [6, 6.07) is 0. The zero-order chi connectivity index (χ0) is 16.7. The maximum Gasteiger partial charge on any atom is 0.310 e. The van der Waals surface area contributed by atoms with Crippen molar-refractivity contribution in [1.29, 1.82) is 0 Å². The average molecular weight is 306 g/mol. The summed E-state index contributed by atoms with van der Waals surface area (Å²) < 4.78 is 6.04. The van der Waals surface area contributed by atoms with Crippen molar-refractivity contribution in [3.8, 4) is 0 Å². The van der Waals surface area contributed by atoms with Gasteiger partial charge in [0.1, 0.15) is 6.10 Å². The quantitative estimate of drug-likeness (QED) is 0.525. The van der Waals surface area contributed by atoms with Gasteiger partial charge in [0, 0.05) is 0 Å². The summed E-state index contributed by atoms with van der Waals surface area (Å²) in [7, 11) is 0. The smallest absolute Gasteiger partial charge is 0.310 e. The van der Waals surface area contributed by atoms with E-state index >= 15 is 0 Å². The molecule has 2 rings (SSSR count). The molecule has 2 saturated carbocycles. The van der Waals surface area contributed by atoms with E-state index in [2.05, 4.69) is 54.5 Å². The zero-order valence-electron chi connectivity index (χ0n) is 15.5. The van der Waals surface area contributed by atoms with Crippen LogP contribution in [0.15, 0.2) is 11.6 Å². The first kappa shape index (κ1) is 17.6. The third kappa shape index (κ3) is 3.58. The fourth-order valence-electron chi connectivity index (χ4n) is 4.27. The van der Waals surface area contributed by atoms with Gasteiger partial charge >= 0.3 is 5.97 Å². The van der Waals surface area contributed by atoms with E-state index in [-0.39, 0.29) is 23.4 Å². The van der Waals surface area contributed by atoms with Gasteiger partial charge in [-0.15, -0.1) is 0 Å². The fraction of sp³-hybridized carbons (Fsp3) is 0.850. The van der Waals surface area contributed by atoms with Crippen molar-refractivity contribution in [2.45, 2.75) is 73.8 Å². The molecular formula is C20H34O2. The van der Waals surface area contributed by atoms with Crippen molar-refractivity contribution in [2.75, 3.05) is 0 Å². The lowest BCUT2D eigenvalue weighted by Gasteiger charge is -2.36. The molecule has 0 unspecified atom stereocenters. The molecule has 2 aliphatic carbocycles. The molecule has 0 heterocycles. The molecule has 0 aromatic rings. The van der Waals surface area contributed by atoms with E-state index < -0.39 is 0 Å². The molecule has 0 bridgehead atoms. The van der Waals surface area contributed by atoms with E-state index in [0.717, 1.165) is 6.42 Å². The van der Waals surface area contributed by atoms with Crippen molar-refractivity contribution in [3.63, 3.8) is 0 Å². The minimum absolute atomic E-state index is 0.0391. The maximum atomic E-state index is 12.7. The molecule has 2 aliphatic rings. The van der Waals surface area contributed by atoms with Crippen LogP contribution in [0.25, 0.3) is 0 Å². The highest BCUT2D eigenvalue weighted by atomic mass is 16.5. The number of esters is 1. The molecule has 0 radical (unpaired) electrons. The van der Waals surface area contributed by atoms with Crippen molar-refractivity contribution in [2.24, 2.45) is 35.0 Å². The minimum Gasteiger partial charge on any atom is -0.462 e. The Kier molecular flexibility index (Phi) is 5.09. The van der Waals surface area contributed by atoms with Crippen molar-refractivity contribution < 1.29 is 9.53 Å². The molecule has 2 fully saturated rings. The maximum absolute atomic E-state index is 12.7. The van der Waals surface area contributed by atoms with Crippen LogP contribution in [0.2, 0.25) is 0 Å². The normalized spacial score (nSPS) is 36.8. The Hall–Kier alpha value is -0.790. The number of rotatable bonds is 4. The van der Waals surface area contributed by atoms with Gasteiger partial charge in [-0.1, -0.05) is 52.7 Å². The van der Waals surface area contributed by atoms with Crippen molar-refractivity contribution in [3.05, 3.63) is 11.6 Å². The van der Waals surface area contributed by atoms with Crippen LogP contribution in [0.1, 0.15) is 67.7 Å². The summed E-state index contributed by atoms with van der Waals surface area (Å²) in [6.07, 6.45) is 5.87. The highest BCUT2D eigenvalue weighted by molar-refractivity contribution is 5.78. The lowest BCUT2D eigenvalue weighted by atomic mass is 9.75. The van der Waals surface area contributed by atoms with Gasteiger partial charge in [0.2, 0.25) is 0 Å². The second-order valence-electron chi connectivity index (χ2n) is 8.87. The number of carbonyl (C=O) groups excluding carboxylic acids is 1. The molecule has 0 aromatic heterocycles. The summed E-state index contributed by atoms with van der Waals surface area (Å²) in [5.41, 5.74) is 1.35. The van der Waals surface area contributed by atoms with Crippen LogP contribution >= 0.6 is 0 Å². The third-order valence-electron chi connectivity index (χ3n) is 5.91. The Morgan fingerprint density at radius 3 is 2.41 bits per heavy atom. The Bertz CT molecular complexity index is 443. The van der Waals surface area contributed by atoms with E-state index in [1.54, 1.807) is 0 Å². The van der Waals surface area contributed by atoms with Crippen molar-refractivity contribution >= 4 is 5.97 Å². The summed E-state index contributed by atoms with van der Waals surface area (Å²) in [4.78, 5) is 12.7. The Labute approximate surface area is 136 Å². The second-order valence-corrected chi connectivity index (χ2v) is 8.87. The van der Waals surface area contributed by atoms with Crippen LogP contribution in [0.4, 0.5) is 0 Å². The first-order valence-corrected chi connectivity index (χ1v) is 9.00. The number of carbonyl (C=O) groups is 1. The molecule has 2 nitrogen and oxygen atoms in total. The highest BCUT2D eigenvalue weighted by Crippen LogP contribution is 2.60. The topological polar surface area (TPSA) is 26.3 Å². The van der Waals surface area contributed by atoms with Gasteiger partial charge < -0.3 is 4.74 Å². The molecule has 0 aromatic carbocycles. The summed E-state index contributed by atoms with van der Waals surface area (Å²) in [5.74, 6) is 2.23. The monoisotopic (exact) mass is 306 g/mol.